The molecule has 0 atom stereocenters. The van der Waals surface area contributed by atoms with E-state index in [1.54, 1.807) is 19.1 Å². The summed E-state index contributed by atoms with van der Waals surface area (Å²) in [5, 5.41) is 35.1. The molecule has 3 aromatic rings. The Balaban J connectivity index is 1.90. The summed E-state index contributed by atoms with van der Waals surface area (Å²) in [6.45, 7) is 1.54. The van der Waals surface area contributed by atoms with Crippen molar-refractivity contribution < 1.29 is 23.6 Å². The number of hydrazone groups is 1. The van der Waals surface area contributed by atoms with Crippen LogP contribution in [-0.2, 0) is 10.0 Å². The summed E-state index contributed by atoms with van der Waals surface area (Å²) in [4.78, 5) is 10.5. The molecule has 0 aromatic heterocycles. The van der Waals surface area contributed by atoms with Crippen LogP contribution in [0.3, 0.4) is 0 Å². The van der Waals surface area contributed by atoms with Gasteiger partial charge in [-0.15, -0.1) is 0 Å². The predicted molar refractivity (Wildman–Crippen MR) is 121 cm³/mol. The van der Waals surface area contributed by atoms with E-state index < -0.39 is 20.6 Å². The van der Waals surface area contributed by atoms with Gasteiger partial charge in [0.15, 0.2) is 0 Å². The number of aromatic hydroxyl groups is 2. The summed E-state index contributed by atoms with van der Waals surface area (Å²) in [6, 6.07) is 13.2. The third kappa shape index (κ3) is 5.25. The van der Waals surface area contributed by atoms with Gasteiger partial charge in [0.05, 0.1) is 21.2 Å². The van der Waals surface area contributed by atoms with Gasteiger partial charge < -0.3 is 10.2 Å². The SMILES string of the molecule is C/C(=N/Nc1ccc(S(=O)(=O)Nc2cccc(Cl)c2)cc1[N+](=O)[O-])c1ccc(O)cc1O. The maximum atomic E-state index is 12.6. The molecule has 3 aromatic carbocycles. The van der Waals surface area contributed by atoms with Crippen molar-refractivity contribution in [3.05, 3.63) is 81.4 Å². The molecule has 4 N–H and O–H groups in total. The maximum Gasteiger partial charge on any atom is 0.295 e. The van der Waals surface area contributed by atoms with Crippen molar-refractivity contribution in [3.8, 4) is 11.5 Å². The molecule has 0 unspecified atom stereocenters. The predicted octanol–water partition coefficient (Wildman–Crippen LogP) is 4.30. The van der Waals surface area contributed by atoms with Gasteiger partial charge in [0.25, 0.3) is 15.7 Å². The van der Waals surface area contributed by atoms with Crippen LogP contribution in [0.1, 0.15) is 12.5 Å². The third-order valence-corrected chi connectivity index (χ3v) is 5.88. The van der Waals surface area contributed by atoms with Crippen LogP contribution in [0, 0.1) is 10.1 Å². The fraction of sp³-hybridized carbons (Fsp3) is 0.0500. The second kappa shape index (κ2) is 9.12. The summed E-state index contributed by atoms with van der Waals surface area (Å²) in [7, 11) is -4.12. The van der Waals surface area contributed by atoms with E-state index >= 15 is 0 Å². The van der Waals surface area contributed by atoms with E-state index in [9.17, 15) is 28.7 Å². The first-order chi connectivity index (χ1) is 15.1. The zero-order chi connectivity index (χ0) is 23.5. The van der Waals surface area contributed by atoms with Gasteiger partial charge in [-0.25, -0.2) is 8.42 Å². The fourth-order valence-electron chi connectivity index (χ4n) is 2.72. The minimum absolute atomic E-state index is 0.0608. The first kappa shape index (κ1) is 22.8. The molecule has 0 saturated heterocycles. The van der Waals surface area contributed by atoms with E-state index in [1.165, 1.54) is 36.4 Å². The molecule has 0 saturated carbocycles. The molecule has 0 aliphatic heterocycles. The quantitative estimate of drug-likeness (QED) is 0.225. The van der Waals surface area contributed by atoms with E-state index in [0.717, 1.165) is 12.1 Å². The average Bonchev–Trinajstić information content (AvgIpc) is 2.71. The topological polar surface area (TPSA) is 154 Å². The largest absolute Gasteiger partial charge is 0.508 e. The molecule has 12 heteroatoms. The number of nitro benzene ring substituents is 1. The van der Waals surface area contributed by atoms with E-state index in [4.69, 9.17) is 11.6 Å². The minimum atomic E-state index is -4.12. The van der Waals surface area contributed by atoms with Gasteiger partial charge in [0, 0.05) is 22.7 Å². The van der Waals surface area contributed by atoms with Crippen LogP contribution in [0.25, 0.3) is 0 Å². The maximum absolute atomic E-state index is 12.6. The number of halogens is 1. The van der Waals surface area contributed by atoms with Crippen molar-refractivity contribution in [2.75, 3.05) is 10.1 Å². The van der Waals surface area contributed by atoms with E-state index in [1.807, 2.05) is 0 Å². The number of phenolic OH excluding ortho intramolecular Hbond substituents is 2. The Labute approximate surface area is 188 Å². The number of rotatable bonds is 7. The Bertz CT molecular complexity index is 1330. The lowest BCUT2D eigenvalue weighted by Gasteiger charge is -2.10. The molecular formula is C20H17ClN4O6S. The lowest BCUT2D eigenvalue weighted by atomic mass is 10.1. The van der Waals surface area contributed by atoms with Gasteiger partial charge >= 0.3 is 0 Å². The highest BCUT2D eigenvalue weighted by atomic mass is 35.5. The van der Waals surface area contributed by atoms with Crippen molar-refractivity contribution in [1.82, 2.24) is 0 Å². The Hall–Kier alpha value is -3.83. The number of anilines is 2. The van der Waals surface area contributed by atoms with Crippen molar-refractivity contribution in [2.45, 2.75) is 11.8 Å². The van der Waals surface area contributed by atoms with Gasteiger partial charge in [-0.3, -0.25) is 20.3 Å². The number of sulfonamides is 1. The Morgan fingerprint density at radius 1 is 1.09 bits per heavy atom. The first-order valence-electron chi connectivity index (χ1n) is 8.96. The highest BCUT2D eigenvalue weighted by molar-refractivity contribution is 7.92. The molecule has 0 aliphatic rings. The minimum Gasteiger partial charge on any atom is -0.508 e. The molecular weight excluding hydrogens is 460 g/mol. The first-order valence-corrected chi connectivity index (χ1v) is 10.8. The van der Waals surface area contributed by atoms with Crippen molar-refractivity contribution >= 4 is 44.4 Å². The smallest absolute Gasteiger partial charge is 0.295 e. The summed E-state index contributed by atoms with van der Waals surface area (Å²) in [5.41, 5.74) is 2.70. The second-order valence-electron chi connectivity index (χ2n) is 6.56. The molecule has 0 radical (unpaired) electrons. The van der Waals surface area contributed by atoms with Gasteiger partial charge in [-0.2, -0.15) is 5.10 Å². The van der Waals surface area contributed by atoms with Crippen LogP contribution in [0.4, 0.5) is 17.1 Å². The van der Waals surface area contributed by atoms with Crippen LogP contribution >= 0.6 is 11.6 Å². The van der Waals surface area contributed by atoms with Gasteiger partial charge in [0.1, 0.15) is 17.2 Å². The Morgan fingerprint density at radius 2 is 1.84 bits per heavy atom. The molecule has 0 heterocycles. The van der Waals surface area contributed by atoms with Crippen LogP contribution in [-0.4, -0.2) is 29.3 Å². The highest BCUT2D eigenvalue weighted by Crippen LogP contribution is 2.29. The van der Waals surface area contributed by atoms with E-state index in [-0.39, 0.29) is 33.5 Å². The molecule has 0 fully saturated rings. The zero-order valence-corrected chi connectivity index (χ0v) is 18.1. The molecule has 0 bridgehead atoms. The van der Waals surface area contributed by atoms with Gasteiger partial charge in [0.2, 0.25) is 0 Å². The number of nitro groups is 1. The Morgan fingerprint density at radius 3 is 2.50 bits per heavy atom. The monoisotopic (exact) mass is 476 g/mol. The van der Waals surface area contributed by atoms with Gasteiger partial charge in [-0.1, -0.05) is 17.7 Å². The number of nitrogens with zero attached hydrogens (tertiary/aromatic N) is 2. The molecule has 166 valence electrons. The summed E-state index contributed by atoms with van der Waals surface area (Å²) in [6.07, 6.45) is 0. The van der Waals surface area contributed by atoms with Crippen LogP contribution in [0.2, 0.25) is 5.02 Å². The normalized spacial score (nSPS) is 11.8. The van der Waals surface area contributed by atoms with Crippen LogP contribution < -0.4 is 10.1 Å². The van der Waals surface area contributed by atoms with Crippen molar-refractivity contribution in [2.24, 2.45) is 5.10 Å². The lowest BCUT2D eigenvalue weighted by molar-refractivity contribution is -0.384. The molecule has 0 aliphatic carbocycles. The number of nitrogens with one attached hydrogen (secondary N) is 2. The molecule has 3 rings (SSSR count). The van der Waals surface area contributed by atoms with Gasteiger partial charge in [-0.05, 0) is 49.4 Å². The number of benzene rings is 3. The number of hydrogen-bond donors (Lipinski definition) is 4. The molecule has 10 nitrogen and oxygen atoms in total. The van der Waals surface area contributed by atoms with Crippen molar-refractivity contribution in [1.29, 1.82) is 0 Å². The zero-order valence-electron chi connectivity index (χ0n) is 16.5. The molecule has 0 amide bonds. The summed E-state index contributed by atoms with van der Waals surface area (Å²) >= 11 is 5.86. The lowest BCUT2D eigenvalue weighted by Crippen LogP contribution is -2.13. The average molecular weight is 477 g/mol. The standard InChI is InChI=1S/C20H17ClN4O6S/c1-12(17-7-5-15(26)10-20(17)27)22-23-18-8-6-16(11-19(18)25(28)29)32(30,31)24-14-4-2-3-13(21)9-14/h2-11,23-24,26-27H,1H3/b22-12-. The fourth-order valence-corrected chi connectivity index (χ4v) is 3.98. The summed E-state index contributed by atoms with van der Waals surface area (Å²) in [5.74, 6) is -0.359. The van der Waals surface area contributed by atoms with Crippen LogP contribution in [0.15, 0.2) is 70.7 Å². The molecule has 32 heavy (non-hydrogen) atoms. The number of hydrogen-bond acceptors (Lipinski definition) is 8. The second-order valence-corrected chi connectivity index (χ2v) is 8.68. The van der Waals surface area contributed by atoms with E-state index in [0.29, 0.717) is 10.6 Å². The Kier molecular flexibility index (Phi) is 6.51. The van der Waals surface area contributed by atoms with Crippen LogP contribution in [0.5, 0.6) is 11.5 Å². The highest BCUT2D eigenvalue weighted by Gasteiger charge is 2.22. The number of phenols is 2. The third-order valence-electron chi connectivity index (χ3n) is 4.27. The van der Waals surface area contributed by atoms with Crippen molar-refractivity contribution in [3.63, 3.8) is 0 Å². The van der Waals surface area contributed by atoms with E-state index in [2.05, 4.69) is 15.2 Å². The summed E-state index contributed by atoms with van der Waals surface area (Å²) < 4.78 is 27.6. The molecule has 0 spiro atoms.